The molecule has 1 aromatic heterocycles. The minimum Gasteiger partial charge on any atom is -0.469 e. The Morgan fingerprint density at radius 3 is 2.89 bits per heavy atom. The molecule has 0 bridgehead atoms. The van der Waals surface area contributed by atoms with Crippen molar-refractivity contribution in [2.45, 2.75) is 32.6 Å². The summed E-state index contributed by atoms with van der Waals surface area (Å²) in [7, 11) is 0. The molecule has 2 amide bonds. The topological polar surface area (TPSA) is 83.4 Å². The first-order chi connectivity index (χ1) is 13.5. The van der Waals surface area contributed by atoms with E-state index < -0.39 is 17.1 Å². The van der Waals surface area contributed by atoms with Crippen molar-refractivity contribution >= 4 is 23.2 Å². The number of amides is 2. The van der Waals surface area contributed by atoms with Gasteiger partial charge in [0, 0.05) is 12.2 Å². The largest absolute Gasteiger partial charge is 0.469 e. The SMILES string of the molecule is Cc1occc1C(=O)Nc1cc(NC(=O)[C@@]23CCCC[C@H]2CNC3)ccc1F. The van der Waals surface area contributed by atoms with Crippen LogP contribution >= 0.6 is 0 Å². The standard InChI is InChI=1S/C21H24FN3O3/c1-13-16(7-9-28-13)19(26)25-18-10-15(5-6-17(18)22)24-20(27)21-8-3-2-4-14(21)11-23-12-21/h5-7,9-10,14,23H,2-4,8,11-12H2,1H3,(H,24,27)(H,25,26)/t14-,21+/m0/s1. The van der Waals surface area contributed by atoms with E-state index in [9.17, 15) is 14.0 Å². The van der Waals surface area contributed by atoms with E-state index in [0.717, 1.165) is 32.2 Å². The Bertz CT molecular complexity index is 910. The van der Waals surface area contributed by atoms with Crippen molar-refractivity contribution in [1.82, 2.24) is 5.32 Å². The maximum Gasteiger partial charge on any atom is 0.259 e. The lowest BCUT2D eigenvalue weighted by Crippen LogP contribution is -2.44. The van der Waals surface area contributed by atoms with Gasteiger partial charge in [-0.1, -0.05) is 12.8 Å². The Morgan fingerprint density at radius 1 is 1.25 bits per heavy atom. The molecule has 1 aliphatic heterocycles. The summed E-state index contributed by atoms with van der Waals surface area (Å²) in [4.78, 5) is 25.4. The summed E-state index contributed by atoms with van der Waals surface area (Å²) in [5.74, 6) is -0.261. The third-order valence-corrected chi connectivity index (χ3v) is 6.07. The van der Waals surface area contributed by atoms with Gasteiger partial charge in [-0.15, -0.1) is 0 Å². The second-order valence-electron chi connectivity index (χ2n) is 7.72. The van der Waals surface area contributed by atoms with Crippen molar-refractivity contribution in [2.24, 2.45) is 11.3 Å². The molecule has 28 heavy (non-hydrogen) atoms. The fraction of sp³-hybridized carbons (Fsp3) is 0.429. The van der Waals surface area contributed by atoms with E-state index in [0.29, 0.717) is 29.5 Å². The van der Waals surface area contributed by atoms with Gasteiger partial charge in [-0.25, -0.2) is 4.39 Å². The van der Waals surface area contributed by atoms with E-state index in [2.05, 4.69) is 16.0 Å². The lowest BCUT2D eigenvalue weighted by molar-refractivity contribution is -0.128. The van der Waals surface area contributed by atoms with E-state index in [1.165, 1.54) is 30.5 Å². The highest BCUT2D eigenvalue weighted by atomic mass is 19.1. The van der Waals surface area contributed by atoms with Gasteiger partial charge >= 0.3 is 0 Å². The molecule has 1 aliphatic carbocycles. The fourth-order valence-corrected chi connectivity index (χ4v) is 4.45. The first-order valence-electron chi connectivity index (χ1n) is 9.67. The molecular weight excluding hydrogens is 361 g/mol. The molecule has 7 heteroatoms. The molecule has 2 aliphatic rings. The summed E-state index contributed by atoms with van der Waals surface area (Å²) in [5.41, 5.74) is 0.431. The monoisotopic (exact) mass is 385 g/mol. The Morgan fingerprint density at radius 2 is 2.11 bits per heavy atom. The van der Waals surface area contributed by atoms with Crippen molar-refractivity contribution in [3.8, 4) is 0 Å². The molecule has 2 atom stereocenters. The molecule has 0 radical (unpaired) electrons. The zero-order valence-electron chi connectivity index (χ0n) is 15.8. The van der Waals surface area contributed by atoms with Gasteiger partial charge in [0.1, 0.15) is 11.6 Å². The number of nitrogens with one attached hydrogen (secondary N) is 3. The third-order valence-electron chi connectivity index (χ3n) is 6.07. The summed E-state index contributed by atoms with van der Waals surface area (Å²) < 4.78 is 19.3. The number of benzene rings is 1. The number of carbonyl (C=O) groups excluding carboxylic acids is 2. The molecule has 4 rings (SSSR count). The Hall–Kier alpha value is -2.67. The van der Waals surface area contributed by atoms with E-state index in [-0.39, 0.29) is 11.6 Å². The predicted molar refractivity (Wildman–Crippen MR) is 104 cm³/mol. The van der Waals surface area contributed by atoms with E-state index >= 15 is 0 Å². The number of aryl methyl sites for hydroxylation is 1. The van der Waals surface area contributed by atoms with Crippen LogP contribution in [0.5, 0.6) is 0 Å². The number of carbonyl (C=O) groups is 2. The lowest BCUT2D eigenvalue weighted by atomic mass is 9.67. The summed E-state index contributed by atoms with van der Waals surface area (Å²) in [6.45, 7) is 3.20. The van der Waals surface area contributed by atoms with Gasteiger partial charge in [-0.2, -0.15) is 0 Å². The number of halogens is 1. The van der Waals surface area contributed by atoms with Gasteiger partial charge in [0.15, 0.2) is 0 Å². The molecule has 0 unspecified atom stereocenters. The maximum absolute atomic E-state index is 14.2. The molecule has 2 fully saturated rings. The second-order valence-corrected chi connectivity index (χ2v) is 7.72. The van der Waals surface area contributed by atoms with Gasteiger partial charge in [0.05, 0.1) is 22.9 Å². The van der Waals surface area contributed by atoms with Crippen LogP contribution in [0.4, 0.5) is 15.8 Å². The quantitative estimate of drug-likeness (QED) is 0.749. The number of fused-ring (bicyclic) bond motifs is 1. The summed E-state index contributed by atoms with van der Waals surface area (Å²) >= 11 is 0. The number of hydrogen-bond donors (Lipinski definition) is 3. The minimum absolute atomic E-state index is 0.0191. The van der Waals surface area contributed by atoms with E-state index in [1.54, 1.807) is 6.92 Å². The number of anilines is 2. The van der Waals surface area contributed by atoms with Gasteiger partial charge in [-0.05, 0) is 56.5 Å². The number of rotatable bonds is 4. The Kier molecular flexibility index (Phi) is 4.93. The van der Waals surface area contributed by atoms with Crippen LogP contribution < -0.4 is 16.0 Å². The predicted octanol–water partition coefficient (Wildman–Crippen LogP) is 3.70. The van der Waals surface area contributed by atoms with Crippen molar-refractivity contribution in [3.05, 3.63) is 47.7 Å². The smallest absolute Gasteiger partial charge is 0.259 e. The summed E-state index contributed by atoms with van der Waals surface area (Å²) in [5, 5.41) is 8.85. The molecule has 148 valence electrons. The van der Waals surface area contributed by atoms with Gasteiger partial charge in [0.25, 0.3) is 5.91 Å². The van der Waals surface area contributed by atoms with Gasteiger partial charge in [0.2, 0.25) is 5.91 Å². The molecule has 2 aromatic rings. The van der Waals surface area contributed by atoms with Crippen molar-refractivity contribution in [3.63, 3.8) is 0 Å². The maximum atomic E-state index is 14.2. The first kappa shape index (κ1) is 18.7. The zero-order valence-corrected chi connectivity index (χ0v) is 15.8. The van der Waals surface area contributed by atoms with E-state index in [4.69, 9.17) is 4.42 Å². The van der Waals surface area contributed by atoms with Crippen LogP contribution in [-0.4, -0.2) is 24.9 Å². The zero-order chi connectivity index (χ0) is 19.7. The Balaban J connectivity index is 1.51. The molecular formula is C21H24FN3O3. The van der Waals surface area contributed by atoms with Crippen LogP contribution in [0.15, 0.2) is 34.9 Å². The van der Waals surface area contributed by atoms with Crippen molar-refractivity contribution in [1.29, 1.82) is 0 Å². The molecule has 1 aromatic carbocycles. The molecule has 1 saturated carbocycles. The third kappa shape index (κ3) is 3.30. The number of furan rings is 1. The van der Waals surface area contributed by atoms with Gasteiger partial charge < -0.3 is 20.4 Å². The van der Waals surface area contributed by atoms with Crippen LogP contribution in [0, 0.1) is 24.1 Å². The van der Waals surface area contributed by atoms with Gasteiger partial charge in [-0.3, -0.25) is 9.59 Å². The number of hydrogen-bond acceptors (Lipinski definition) is 4. The molecule has 3 N–H and O–H groups in total. The van der Waals surface area contributed by atoms with Crippen LogP contribution in [0.2, 0.25) is 0 Å². The molecule has 2 heterocycles. The lowest BCUT2D eigenvalue weighted by Gasteiger charge is -2.37. The van der Waals surface area contributed by atoms with E-state index in [1.807, 2.05) is 0 Å². The molecule has 0 spiro atoms. The summed E-state index contributed by atoms with van der Waals surface area (Å²) in [6, 6.07) is 5.75. The van der Waals surface area contributed by atoms with Crippen LogP contribution in [0.25, 0.3) is 0 Å². The Labute approximate surface area is 162 Å². The second kappa shape index (κ2) is 7.39. The van der Waals surface area contributed by atoms with Crippen LogP contribution in [-0.2, 0) is 4.79 Å². The highest BCUT2D eigenvalue weighted by Crippen LogP contribution is 2.44. The van der Waals surface area contributed by atoms with Crippen LogP contribution in [0.3, 0.4) is 0 Å². The van der Waals surface area contributed by atoms with Crippen molar-refractivity contribution < 1.29 is 18.4 Å². The normalized spacial score (nSPS) is 23.9. The fourth-order valence-electron chi connectivity index (χ4n) is 4.45. The van der Waals surface area contributed by atoms with Crippen LogP contribution in [0.1, 0.15) is 41.8 Å². The average molecular weight is 385 g/mol. The molecule has 6 nitrogen and oxygen atoms in total. The average Bonchev–Trinajstić information content (AvgIpc) is 3.31. The van der Waals surface area contributed by atoms with Crippen molar-refractivity contribution in [2.75, 3.05) is 23.7 Å². The first-order valence-corrected chi connectivity index (χ1v) is 9.67. The highest BCUT2D eigenvalue weighted by molar-refractivity contribution is 6.05. The summed E-state index contributed by atoms with van der Waals surface area (Å²) in [6.07, 6.45) is 5.52. The highest BCUT2D eigenvalue weighted by Gasteiger charge is 2.49. The molecule has 1 saturated heterocycles. The minimum atomic E-state index is -0.566.